The molecular formula is C33H29ClN2O2. The number of carbonyl (C=O) groups is 1. The summed E-state index contributed by atoms with van der Waals surface area (Å²) in [7, 11) is 0. The Morgan fingerprint density at radius 2 is 1.45 bits per heavy atom. The number of benzene rings is 4. The van der Waals surface area contributed by atoms with Crippen molar-refractivity contribution in [3.05, 3.63) is 136 Å². The monoisotopic (exact) mass is 520 g/mol. The van der Waals surface area contributed by atoms with E-state index in [1.165, 1.54) is 5.56 Å². The van der Waals surface area contributed by atoms with Gasteiger partial charge in [0.2, 0.25) is 0 Å². The molecule has 0 aromatic heterocycles. The summed E-state index contributed by atoms with van der Waals surface area (Å²) in [5.41, 5.74) is 4.05. The molecule has 0 aliphatic heterocycles. The van der Waals surface area contributed by atoms with Crippen LogP contribution in [0.4, 0.5) is 0 Å². The molecule has 190 valence electrons. The molecule has 0 saturated heterocycles. The van der Waals surface area contributed by atoms with Gasteiger partial charge in [-0.05, 0) is 59.5 Å². The van der Waals surface area contributed by atoms with Crippen molar-refractivity contribution in [2.45, 2.75) is 27.2 Å². The molecule has 0 saturated carbocycles. The maximum atomic E-state index is 13.3. The maximum Gasteiger partial charge on any atom is 0.255 e. The van der Waals surface area contributed by atoms with Gasteiger partial charge >= 0.3 is 0 Å². The van der Waals surface area contributed by atoms with Crippen LogP contribution in [0.1, 0.15) is 47.8 Å². The molecule has 38 heavy (non-hydrogen) atoms. The molecule has 0 aliphatic carbocycles. The molecule has 0 atom stereocenters. The summed E-state index contributed by atoms with van der Waals surface area (Å²) >= 11 is 6.06. The fraction of sp³-hybridized carbons (Fsp3) is 0.152. The lowest BCUT2D eigenvalue weighted by Gasteiger charge is -2.25. The second-order valence-corrected chi connectivity index (χ2v) is 10.4. The van der Waals surface area contributed by atoms with Gasteiger partial charge in [-0.1, -0.05) is 99.1 Å². The Hall–Kier alpha value is -4.33. The van der Waals surface area contributed by atoms with Gasteiger partial charge in [0.05, 0.1) is 5.57 Å². The summed E-state index contributed by atoms with van der Waals surface area (Å²) in [5, 5.41) is 13.7. The van der Waals surface area contributed by atoms with Crippen molar-refractivity contribution in [1.82, 2.24) is 5.32 Å². The molecule has 0 bridgehead atoms. The number of nitrogens with one attached hydrogen (secondary N) is 1. The number of carbonyl (C=O) groups excluding carboxylic acids is 1. The highest BCUT2D eigenvalue weighted by Gasteiger charge is 2.25. The van der Waals surface area contributed by atoms with Crippen molar-refractivity contribution < 1.29 is 9.53 Å². The summed E-state index contributed by atoms with van der Waals surface area (Å²) in [4.78, 5) is 13.3. The van der Waals surface area contributed by atoms with E-state index in [0.29, 0.717) is 33.4 Å². The first-order valence-electron chi connectivity index (χ1n) is 12.4. The molecular weight excluding hydrogens is 492 g/mol. The number of nitriles is 1. The number of amides is 1. The summed E-state index contributed by atoms with van der Waals surface area (Å²) < 4.78 is 5.89. The van der Waals surface area contributed by atoms with Crippen molar-refractivity contribution in [3.63, 3.8) is 0 Å². The summed E-state index contributed by atoms with van der Waals surface area (Å²) in [6.45, 7) is 5.92. The molecule has 4 nitrogen and oxygen atoms in total. The van der Waals surface area contributed by atoms with Crippen LogP contribution in [0.15, 0.2) is 109 Å². The lowest BCUT2D eigenvalue weighted by atomic mass is 9.86. The molecule has 5 heteroatoms. The topological polar surface area (TPSA) is 62.1 Å². The van der Waals surface area contributed by atoms with Crippen molar-refractivity contribution in [2.24, 2.45) is 5.41 Å². The molecule has 0 radical (unpaired) electrons. The average Bonchev–Trinajstić information content (AvgIpc) is 2.89. The molecule has 1 N–H and O–H groups in total. The highest BCUT2D eigenvalue weighted by Crippen LogP contribution is 2.32. The first-order chi connectivity index (χ1) is 18.2. The maximum absolute atomic E-state index is 13.3. The number of hydrogen-bond donors (Lipinski definition) is 1. The summed E-state index contributed by atoms with van der Waals surface area (Å²) in [5.74, 6) is 0.767. The van der Waals surface area contributed by atoms with Gasteiger partial charge in [-0.3, -0.25) is 4.79 Å². The Bertz CT molecular complexity index is 1490. The van der Waals surface area contributed by atoms with E-state index in [1.54, 1.807) is 48.5 Å². The predicted molar refractivity (Wildman–Crippen MR) is 153 cm³/mol. The summed E-state index contributed by atoms with van der Waals surface area (Å²) in [6.07, 6.45) is 0.809. The fourth-order valence-electron chi connectivity index (χ4n) is 4.06. The number of nitrogens with zero attached hydrogens (tertiary/aromatic N) is 1. The zero-order valence-electron chi connectivity index (χ0n) is 21.7. The third-order valence-corrected chi connectivity index (χ3v) is 6.21. The molecule has 4 rings (SSSR count). The van der Waals surface area contributed by atoms with E-state index in [1.807, 2.05) is 63.2 Å². The van der Waals surface area contributed by atoms with Gasteiger partial charge in [-0.2, -0.15) is 5.26 Å². The van der Waals surface area contributed by atoms with E-state index in [-0.39, 0.29) is 5.91 Å². The van der Waals surface area contributed by atoms with Crippen LogP contribution in [0.2, 0.25) is 5.02 Å². The van der Waals surface area contributed by atoms with Gasteiger partial charge in [-0.15, -0.1) is 0 Å². The van der Waals surface area contributed by atoms with Crippen LogP contribution in [0.3, 0.4) is 0 Å². The van der Waals surface area contributed by atoms with E-state index in [2.05, 4.69) is 23.5 Å². The Morgan fingerprint density at radius 1 is 0.816 bits per heavy atom. The van der Waals surface area contributed by atoms with E-state index in [4.69, 9.17) is 16.3 Å². The molecule has 0 heterocycles. The minimum absolute atomic E-state index is 0.320. The average molecular weight is 521 g/mol. The zero-order valence-corrected chi connectivity index (χ0v) is 22.4. The van der Waals surface area contributed by atoms with Crippen molar-refractivity contribution >= 4 is 23.1 Å². The molecule has 1 amide bonds. The van der Waals surface area contributed by atoms with Gasteiger partial charge in [0, 0.05) is 21.7 Å². The zero-order chi connectivity index (χ0) is 27.1. The van der Waals surface area contributed by atoms with Crippen LogP contribution in [0, 0.1) is 16.7 Å². The van der Waals surface area contributed by atoms with Crippen molar-refractivity contribution in [1.29, 1.82) is 5.26 Å². The summed E-state index contributed by atoms with van der Waals surface area (Å²) in [6, 6.07) is 34.5. The number of hydrogen-bond acceptors (Lipinski definition) is 3. The van der Waals surface area contributed by atoms with Gasteiger partial charge < -0.3 is 10.1 Å². The molecule has 0 unspecified atom stereocenters. The second kappa shape index (κ2) is 11.8. The molecule has 0 aliphatic rings. The third-order valence-electron chi connectivity index (χ3n) is 5.97. The SMILES string of the molecule is CC(C)(C)/C(NC(=O)c1cccc(Oc2cccc(Cl)c2)c1)=C(\C#N)c1ccc(Cc2ccccc2)cc1. The predicted octanol–water partition coefficient (Wildman–Crippen LogP) is 8.43. The quantitative estimate of drug-likeness (QED) is 0.249. The number of rotatable bonds is 7. The van der Waals surface area contributed by atoms with Gasteiger partial charge in [0.1, 0.15) is 17.6 Å². The van der Waals surface area contributed by atoms with E-state index in [9.17, 15) is 10.1 Å². The first-order valence-corrected chi connectivity index (χ1v) is 12.7. The largest absolute Gasteiger partial charge is 0.457 e. The number of halogens is 1. The van der Waals surface area contributed by atoms with Crippen molar-refractivity contribution in [3.8, 4) is 17.6 Å². The molecule has 4 aromatic carbocycles. The van der Waals surface area contributed by atoms with Crippen LogP contribution in [-0.4, -0.2) is 5.91 Å². The van der Waals surface area contributed by atoms with Crippen LogP contribution < -0.4 is 10.1 Å². The standard InChI is InChI=1S/C33H29ClN2O2/c1-33(2,3)31(30(22-35)25-17-15-24(16-18-25)19-23-9-5-4-6-10-23)36-32(37)26-11-7-13-28(20-26)38-29-14-8-12-27(34)21-29/h4-18,20-21H,19H2,1-3H3,(H,36,37)/b31-30-. The van der Waals surface area contributed by atoms with Crippen LogP contribution >= 0.6 is 11.6 Å². The van der Waals surface area contributed by atoms with E-state index in [0.717, 1.165) is 17.5 Å². The normalized spacial score (nSPS) is 11.8. The van der Waals surface area contributed by atoms with Crippen LogP contribution in [-0.2, 0) is 6.42 Å². The fourth-order valence-corrected chi connectivity index (χ4v) is 4.24. The Labute approximate surface area is 229 Å². The smallest absolute Gasteiger partial charge is 0.255 e. The number of allylic oxidation sites excluding steroid dienone is 2. The van der Waals surface area contributed by atoms with Gasteiger partial charge in [0.25, 0.3) is 5.91 Å². The lowest BCUT2D eigenvalue weighted by Crippen LogP contribution is -2.31. The second-order valence-electron chi connectivity index (χ2n) is 10.0. The highest BCUT2D eigenvalue weighted by atomic mass is 35.5. The minimum Gasteiger partial charge on any atom is -0.457 e. The minimum atomic E-state index is -0.488. The molecule has 0 spiro atoms. The van der Waals surface area contributed by atoms with E-state index < -0.39 is 5.41 Å². The van der Waals surface area contributed by atoms with Crippen LogP contribution in [0.25, 0.3) is 5.57 Å². The Balaban J connectivity index is 1.59. The Morgan fingerprint density at radius 3 is 2.08 bits per heavy atom. The third kappa shape index (κ3) is 6.91. The van der Waals surface area contributed by atoms with Gasteiger partial charge in [-0.25, -0.2) is 0 Å². The lowest BCUT2D eigenvalue weighted by molar-refractivity contribution is 0.0957. The number of ether oxygens (including phenoxy) is 1. The molecule has 0 fully saturated rings. The first kappa shape index (κ1) is 26.7. The van der Waals surface area contributed by atoms with Crippen LogP contribution in [0.5, 0.6) is 11.5 Å². The molecule has 4 aromatic rings. The highest BCUT2D eigenvalue weighted by molar-refractivity contribution is 6.30. The van der Waals surface area contributed by atoms with E-state index >= 15 is 0 Å². The van der Waals surface area contributed by atoms with Gasteiger partial charge in [0.15, 0.2) is 0 Å². The Kier molecular flexibility index (Phi) is 8.31. The van der Waals surface area contributed by atoms with Crippen molar-refractivity contribution in [2.75, 3.05) is 0 Å².